The fourth-order valence-corrected chi connectivity index (χ4v) is 1.68. The molecule has 0 saturated carbocycles. The molecule has 0 unspecified atom stereocenters. The van der Waals surface area contributed by atoms with Gasteiger partial charge in [0, 0.05) is 18.6 Å². The lowest BCUT2D eigenvalue weighted by atomic mass is 10.1. The van der Waals surface area contributed by atoms with Gasteiger partial charge in [-0.2, -0.15) is 0 Å². The molecule has 0 N–H and O–H groups in total. The number of aromatic nitrogens is 2. The van der Waals surface area contributed by atoms with Gasteiger partial charge in [0.05, 0.1) is 5.56 Å². The van der Waals surface area contributed by atoms with E-state index in [-0.39, 0.29) is 5.63 Å². The molecular formula is C13H8N2O2. The maximum atomic E-state index is 11.8. The van der Waals surface area contributed by atoms with Crippen molar-refractivity contribution in [3.05, 3.63) is 59.3 Å². The summed E-state index contributed by atoms with van der Waals surface area (Å²) in [7, 11) is 0. The Morgan fingerprint density at radius 1 is 1.06 bits per heavy atom. The monoisotopic (exact) mass is 224 g/mol. The molecule has 3 heterocycles. The molecule has 0 aliphatic heterocycles. The van der Waals surface area contributed by atoms with E-state index in [1.54, 1.807) is 48.9 Å². The van der Waals surface area contributed by atoms with Crippen LogP contribution in [-0.2, 0) is 0 Å². The number of hydrogen-bond donors (Lipinski definition) is 0. The Labute approximate surface area is 96.6 Å². The van der Waals surface area contributed by atoms with Gasteiger partial charge in [0.1, 0.15) is 5.52 Å². The largest absolute Gasteiger partial charge is 0.421 e. The van der Waals surface area contributed by atoms with Gasteiger partial charge in [-0.25, -0.2) is 4.79 Å². The van der Waals surface area contributed by atoms with Gasteiger partial charge >= 0.3 is 5.63 Å². The van der Waals surface area contributed by atoms with Crippen LogP contribution in [0.2, 0.25) is 0 Å². The van der Waals surface area contributed by atoms with Gasteiger partial charge < -0.3 is 4.42 Å². The highest BCUT2D eigenvalue weighted by Gasteiger charge is 2.07. The number of rotatable bonds is 1. The lowest BCUT2D eigenvalue weighted by molar-refractivity contribution is 0.562. The van der Waals surface area contributed by atoms with Crippen molar-refractivity contribution in [3.8, 4) is 11.1 Å². The van der Waals surface area contributed by atoms with Crippen LogP contribution in [0.4, 0.5) is 0 Å². The lowest BCUT2D eigenvalue weighted by Gasteiger charge is -2.00. The molecule has 0 saturated heterocycles. The molecule has 0 amide bonds. The van der Waals surface area contributed by atoms with Crippen molar-refractivity contribution in [3.63, 3.8) is 0 Å². The second kappa shape index (κ2) is 3.83. The fourth-order valence-electron chi connectivity index (χ4n) is 1.68. The van der Waals surface area contributed by atoms with Gasteiger partial charge in [-0.15, -0.1) is 0 Å². The van der Waals surface area contributed by atoms with Gasteiger partial charge in [0.25, 0.3) is 0 Å². The Morgan fingerprint density at radius 3 is 2.71 bits per heavy atom. The SMILES string of the molecule is O=c1oc2cccnc2cc1-c1ccncc1. The molecule has 0 aliphatic carbocycles. The van der Waals surface area contributed by atoms with E-state index in [0.29, 0.717) is 16.7 Å². The number of fused-ring (bicyclic) bond motifs is 1. The van der Waals surface area contributed by atoms with Crippen LogP contribution in [0, 0.1) is 0 Å². The van der Waals surface area contributed by atoms with Crippen molar-refractivity contribution >= 4 is 11.1 Å². The van der Waals surface area contributed by atoms with Gasteiger partial charge in [0.15, 0.2) is 5.58 Å². The minimum Gasteiger partial charge on any atom is -0.421 e. The second-order valence-corrected chi connectivity index (χ2v) is 3.57. The Balaban J connectivity index is 2.31. The highest BCUT2D eigenvalue weighted by molar-refractivity contribution is 5.77. The molecule has 0 atom stereocenters. The van der Waals surface area contributed by atoms with Crippen molar-refractivity contribution in [1.82, 2.24) is 9.97 Å². The van der Waals surface area contributed by atoms with Gasteiger partial charge in [-0.05, 0) is 35.9 Å². The Bertz CT molecular complexity index is 720. The molecule has 0 radical (unpaired) electrons. The van der Waals surface area contributed by atoms with E-state index < -0.39 is 0 Å². The molecule has 0 aromatic carbocycles. The van der Waals surface area contributed by atoms with Gasteiger partial charge in [-0.3, -0.25) is 9.97 Å². The third-order valence-electron chi connectivity index (χ3n) is 2.49. The second-order valence-electron chi connectivity index (χ2n) is 3.57. The van der Waals surface area contributed by atoms with E-state index in [1.807, 2.05) is 0 Å². The maximum absolute atomic E-state index is 11.8. The average Bonchev–Trinajstić information content (AvgIpc) is 2.39. The van der Waals surface area contributed by atoms with E-state index in [4.69, 9.17) is 4.42 Å². The summed E-state index contributed by atoms with van der Waals surface area (Å²) in [5, 5.41) is 0. The highest BCUT2D eigenvalue weighted by atomic mass is 16.4. The topological polar surface area (TPSA) is 56.0 Å². The van der Waals surface area contributed by atoms with Crippen LogP contribution in [0.25, 0.3) is 22.2 Å². The first-order chi connectivity index (χ1) is 8.34. The summed E-state index contributed by atoms with van der Waals surface area (Å²) >= 11 is 0. The van der Waals surface area contributed by atoms with E-state index in [1.165, 1.54) is 0 Å². The smallest absolute Gasteiger partial charge is 0.344 e. The lowest BCUT2D eigenvalue weighted by Crippen LogP contribution is -2.02. The molecule has 82 valence electrons. The molecule has 0 aliphatic rings. The third kappa shape index (κ3) is 1.69. The summed E-state index contributed by atoms with van der Waals surface area (Å²) in [5.74, 6) is 0. The molecule has 0 fully saturated rings. The summed E-state index contributed by atoms with van der Waals surface area (Å²) in [6.45, 7) is 0. The summed E-state index contributed by atoms with van der Waals surface area (Å²) < 4.78 is 5.21. The van der Waals surface area contributed by atoms with Crippen LogP contribution in [-0.4, -0.2) is 9.97 Å². The van der Waals surface area contributed by atoms with Crippen molar-refractivity contribution in [2.24, 2.45) is 0 Å². The van der Waals surface area contributed by atoms with E-state index in [0.717, 1.165) is 5.56 Å². The minimum atomic E-state index is -0.364. The Hall–Kier alpha value is -2.49. The summed E-state index contributed by atoms with van der Waals surface area (Å²) in [4.78, 5) is 19.9. The number of pyridine rings is 2. The van der Waals surface area contributed by atoms with Crippen LogP contribution in [0.3, 0.4) is 0 Å². The van der Waals surface area contributed by atoms with E-state index in [2.05, 4.69) is 9.97 Å². The predicted molar refractivity (Wildman–Crippen MR) is 63.5 cm³/mol. The Kier molecular flexibility index (Phi) is 2.19. The van der Waals surface area contributed by atoms with Gasteiger partial charge in [0.2, 0.25) is 0 Å². The molecule has 3 aromatic heterocycles. The van der Waals surface area contributed by atoms with Crippen molar-refractivity contribution in [2.75, 3.05) is 0 Å². The van der Waals surface area contributed by atoms with E-state index in [9.17, 15) is 4.79 Å². The van der Waals surface area contributed by atoms with Crippen LogP contribution in [0.15, 0.2) is 58.1 Å². The average molecular weight is 224 g/mol. The molecule has 3 rings (SSSR count). The molecular weight excluding hydrogens is 216 g/mol. The minimum absolute atomic E-state index is 0.364. The quantitative estimate of drug-likeness (QED) is 0.636. The van der Waals surface area contributed by atoms with Crippen molar-refractivity contribution < 1.29 is 4.42 Å². The predicted octanol–water partition coefficient (Wildman–Crippen LogP) is 2.25. The van der Waals surface area contributed by atoms with Crippen molar-refractivity contribution in [1.29, 1.82) is 0 Å². The zero-order chi connectivity index (χ0) is 11.7. The van der Waals surface area contributed by atoms with Crippen LogP contribution < -0.4 is 5.63 Å². The number of nitrogens with zero attached hydrogens (tertiary/aromatic N) is 2. The normalized spacial score (nSPS) is 10.6. The number of hydrogen-bond acceptors (Lipinski definition) is 4. The summed E-state index contributed by atoms with van der Waals surface area (Å²) in [6.07, 6.45) is 4.94. The van der Waals surface area contributed by atoms with Crippen LogP contribution in [0.5, 0.6) is 0 Å². The van der Waals surface area contributed by atoms with Crippen molar-refractivity contribution in [2.45, 2.75) is 0 Å². The molecule has 3 aromatic rings. The first-order valence-electron chi connectivity index (χ1n) is 5.14. The standard InChI is InChI=1S/C13H8N2O2/c16-13-10(9-3-6-14-7-4-9)8-11-12(17-13)2-1-5-15-11/h1-8H. The molecule has 4 nitrogen and oxygen atoms in total. The third-order valence-corrected chi connectivity index (χ3v) is 2.49. The van der Waals surface area contributed by atoms with Crippen LogP contribution >= 0.6 is 0 Å². The van der Waals surface area contributed by atoms with E-state index >= 15 is 0 Å². The molecule has 17 heavy (non-hydrogen) atoms. The first kappa shape index (κ1) is 9.72. The maximum Gasteiger partial charge on any atom is 0.344 e. The zero-order valence-corrected chi connectivity index (χ0v) is 8.83. The summed E-state index contributed by atoms with van der Waals surface area (Å²) in [6, 6.07) is 8.72. The molecule has 0 bridgehead atoms. The Morgan fingerprint density at radius 2 is 1.88 bits per heavy atom. The highest BCUT2D eigenvalue weighted by Crippen LogP contribution is 2.18. The fraction of sp³-hybridized carbons (Fsp3) is 0. The molecule has 0 spiro atoms. The molecule has 4 heteroatoms. The van der Waals surface area contributed by atoms with Gasteiger partial charge in [-0.1, -0.05) is 0 Å². The zero-order valence-electron chi connectivity index (χ0n) is 8.83. The summed E-state index contributed by atoms with van der Waals surface area (Å²) in [5.41, 5.74) is 2.07. The first-order valence-corrected chi connectivity index (χ1v) is 5.14. The van der Waals surface area contributed by atoms with Crippen LogP contribution in [0.1, 0.15) is 0 Å².